The molecule has 4 aliphatic carbocycles. The molecule has 0 aliphatic heterocycles. The van der Waals surface area contributed by atoms with E-state index in [1.807, 2.05) is 25.1 Å². The standard InChI is InChI=1S/C22H25BrN2O3/c1-12-3-4-16-15(5-12)17(18(24-16)19(26)28-2)25-20(27)21-7-13-6-14(8-21)10-22(23,9-13)11-21/h3-5,13-14,24H,6-11H2,1-2H3,(H,25,27). The van der Waals surface area contributed by atoms with Crippen LogP contribution in [0, 0.1) is 24.2 Å². The number of fused-ring (bicyclic) bond motifs is 1. The number of hydrogen-bond donors (Lipinski definition) is 2. The van der Waals surface area contributed by atoms with Crippen molar-refractivity contribution in [1.82, 2.24) is 4.98 Å². The molecule has 4 bridgehead atoms. The average molecular weight is 445 g/mol. The highest BCUT2D eigenvalue weighted by Crippen LogP contribution is 2.64. The number of H-pyrrole nitrogens is 1. The van der Waals surface area contributed by atoms with Gasteiger partial charge in [0.25, 0.3) is 0 Å². The number of esters is 1. The number of rotatable bonds is 3. The van der Waals surface area contributed by atoms with Crippen LogP contribution in [0.4, 0.5) is 5.69 Å². The van der Waals surface area contributed by atoms with Crippen LogP contribution in [0.2, 0.25) is 0 Å². The van der Waals surface area contributed by atoms with Gasteiger partial charge < -0.3 is 15.0 Å². The van der Waals surface area contributed by atoms with E-state index in [2.05, 4.69) is 26.2 Å². The van der Waals surface area contributed by atoms with Crippen LogP contribution in [0.25, 0.3) is 10.9 Å². The zero-order chi connectivity index (χ0) is 19.7. The first kappa shape index (κ1) is 18.2. The monoisotopic (exact) mass is 444 g/mol. The number of aromatic amines is 1. The van der Waals surface area contributed by atoms with Gasteiger partial charge in [0, 0.05) is 15.2 Å². The lowest BCUT2D eigenvalue weighted by molar-refractivity contribution is -0.138. The van der Waals surface area contributed by atoms with Crippen molar-refractivity contribution < 1.29 is 14.3 Å². The molecule has 28 heavy (non-hydrogen) atoms. The normalized spacial score (nSPS) is 33.2. The Bertz CT molecular complexity index is 981. The quantitative estimate of drug-likeness (QED) is 0.520. The van der Waals surface area contributed by atoms with Crippen LogP contribution in [-0.4, -0.2) is 28.3 Å². The molecule has 1 aromatic carbocycles. The molecule has 2 aromatic rings. The molecule has 6 heteroatoms. The lowest BCUT2D eigenvalue weighted by Crippen LogP contribution is -2.57. The highest BCUT2D eigenvalue weighted by Gasteiger charge is 2.59. The largest absolute Gasteiger partial charge is 0.464 e. The third kappa shape index (κ3) is 2.71. The smallest absolute Gasteiger partial charge is 0.356 e. The summed E-state index contributed by atoms with van der Waals surface area (Å²) < 4.78 is 5.06. The molecule has 148 valence electrons. The highest BCUT2D eigenvalue weighted by molar-refractivity contribution is 9.10. The van der Waals surface area contributed by atoms with E-state index < -0.39 is 5.97 Å². The minimum absolute atomic E-state index is 0.0537. The van der Waals surface area contributed by atoms with E-state index in [1.165, 1.54) is 26.4 Å². The zero-order valence-electron chi connectivity index (χ0n) is 16.2. The van der Waals surface area contributed by atoms with Crippen LogP contribution in [0.5, 0.6) is 0 Å². The Morgan fingerprint density at radius 2 is 1.93 bits per heavy atom. The summed E-state index contributed by atoms with van der Waals surface area (Å²) in [6.07, 6.45) is 6.40. The fourth-order valence-electron chi connectivity index (χ4n) is 6.35. The third-order valence-electron chi connectivity index (χ3n) is 7.05. The summed E-state index contributed by atoms with van der Waals surface area (Å²) in [5, 5.41) is 4.01. The van der Waals surface area contributed by atoms with Gasteiger partial charge in [0.15, 0.2) is 0 Å². The van der Waals surface area contributed by atoms with E-state index in [1.54, 1.807) is 0 Å². The Balaban J connectivity index is 1.54. The van der Waals surface area contributed by atoms with Gasteiger partial charge >= 0.3 is 5.97 Å². The van der Waals surface area contributed by atoms with Gasteiger partial charge in [-0.15, -0.1) is 0 Å². The van der Waals surface area contributed by atoms with E-state index in [-0.39, 0.29) is 15.6 Å². The van der Waals surface area contributed by atoms with E-state index >= 15 is 0 Å². The minimum atomic E-state index is -0.466. The molecule has 1 aromatic heterocycles. The van der Waals surface area contributed by atoms with Gasteiger partial charge in [-0.1, -0.05) is 27.6 Å². The number of amides is 1. The van der Waals surface area contributed by atoms with Crippen molar-refractivity contribution in [2.45, 2.75) is 49.8 Å². The third-order valence-corrected chi connectivity index (χ3v) is 7.98. The molecule has 4 aliphatic rings. The summed E-state index contributed by atoms with van der Waals surface area (Å²) in [6, 6.07) is 5.92. The number of alkyl halides is 1. The van der Waals surface area contributed by atoms with Crippen molar-refractivity contribution in [3.05, 3.63) is 29.5 Å². The lowest BCUT2D eigenvalue weighted by Gasteiger charge is -2.59. The molecular formula is C22H25BrN2O3. The maximum Gasteiger partial charge on any atom is 0.356 e. The number of ether oxygens (including phenoxy) is 1. The van der Waals surface area contributed by atoms with Crippen molar-refractivity contribution in [2.24, 2.45) is 17.3 Å². The van der Waals surface area contributed by atoms with Crippen LogP contribution in [0.15, 0.2) is 18.2 Å². The summed E-state index contributed by atoms with van der Waals surface area (Å²) in [4.78, 5) is 29.1. The van der Waals surface area contributed by atoms with E-state index in [0.717, 1.165) is 35.7 Å². The van der Waals surface area contributed by atoms with Crippen LogP contribution in [0.3, 0.4) is 0 Å². The lowest BCUT2D eigenvalue weighted by atomic mass is 9.49. The number of nitrogens with one attached hydrogen (secondary N) is 2. The number of benzene rings is 1. The van der Waals surface area contributed by atoms with Crippen LogP contribution in [-0.2, 0) is 9.53 Å². The topological polar surface area (TPSA) is 71.2 Å². The first-order valence-electron chi connectivity index (χ1n) is 10.0. The van der Waals surface area contributed by atoms with Gasteiger partial charge in [0.1, 0.15) is 5.69 Å². The molecular weight excluding hydrogens is 420 g/mol. The number of aryl methyl sites for hydroxylation is 1. The van der Waals surface area contributed by atoms with E-state index in [4.69, 9.17) is 4.74 Å². The fourth-order valence-corrected chi connectivity index (χ4v) is 7.81. The molecule has 0 spiro atoms. The molecule has 4 fully saturated rings. The van der Waals surface area contributed by atoms with Crippen molar-refractivity contribution in [2.75, 3.05) is 12.4 Å². The Hall–Kier alpha value is -1.82. The van der Waals surface area contributed by atoms with Gasteiger partial charge in [-0.2, -0.15) is 0 Å². The van der Waals surface area contributed by atoms with Gasteiger partial charge in [-0.05, 0) is 69.4 Å². The summed E-state index contributed by atoms with van der Waals surface area (Å²) in [5.74, 6) is 0.831. The molecule has 4 saturated carbocycles. The van der Waals surface area contributed by atoms with Crippen LogP contribution in [0.1, 0.15) is 54.6 Å². The Kier molecular flexibility index (Phi) is 3.96. The summed E-state index contributed by atoms with van der Waals surface area (Å²) in [5.41, 5.74) is 2.43. The van der Waals surface area contributed by atoms with Crippen molar-refractivity contribution in [3.63, 3.8) is 0 Å². The molecule has 1 amide bonds. The maximum absolute atomic E-state index is 13.6. The van der Waals surface area contributed by atoms with Crippen LogP contribution < -0.4 is 5.32 Å². The zero-order valence-corrected chi connectivity index (χ0v) is 17.8. The second kappa shape index (κ2) is 6.09. The number of halogens is 1. The number of hydrogen-bond acceptors (Lipinski definition) is 3. The number of aromatic nitrogens is 1. The first-order valence-corrected chi connectivity index (χ1v) is 10.8. The molecule has 2 unspecified atom stereocenters. The Morgan fingerprint density at radius 1 is 1.21 bits per heavy atom. The fraction of sp³-hybridized carbons (Fsp3) is 0.545. The average Bonchev–Trinajstić information content (AvgIpc) is 2.97. The molecule has 6 rings (SSSR count). The molecule has 1 heterocycles. The second-order valence-corrected chi connectivity index (χ2v) is 10.9. The first-order chi connectivity index (χ1) is 13.3. The van der Waals surface area contributed by atoms with Gasteiger partial charge in [0.05, 0.1) is 18.2 Å². The van der Waals surface area contributed by atoms with E-state index in [0.29, 0.717) is 23.2 Å². The number of methoxy groups -OCH3 is 1. The maximum atomic E-state index is 13.6. The second-order valence-electron chi connectivity index (χ2n) is 9.26. The molecule has 2 atom stereocenters. The Morgan fingerprint density at radius 3 is 2.57 bits per heavy atom. The predicted molar refractivity (Wildman–Crippen MR) is 112 cm³/mol. The van der Waals surface area contributed by atoms with Gasteiger partial charge in [-0.25, -0.2) is 4.79 Å². The summed E-state index contributed by atoms with van der Waals surface area (Å²) in [7, 11) is 1.36. The summed E-state index contributed by atoms with van der Waals surface area (Å²) in [6.45, 7) is 2.00. The highest BCUT2D eigenvalue weighted by atomic mass is 79.9. The van der Waals surface area contributed by atoms with Crippen molar-refractivity contribution in [3.8, 4) is 0 Å². The number of anilines is 1. The SMILES string of the molecule is COC(=O)c1[nH]c2ccc(C)cc2c1NC(=O)C12CC3CC(CC(Br)(C3)C1)C2. The molecule has 0 radical (unpaired) electrons. The summed E-state index contributed by atoms with van der Waals surface area (Å²) >= 11 is 3.98. The van der Waals surface area contributed by atoms with Crippen molar-refractivity contribution in [1.29, 1.82) is 0 Å². The molecule has 5 nitrogen and oxygen atoms in total. The minimum Gasteiger partial charge on any atom is -0.464 e. The van der Waals surface area contributed by atoms with Gasteiger partial charge in [-0.3, -0.25) is 4.79 Å². The van der Waals surface area contributed by atoms with Gasteiger partial charge in [0.2, 0.25) is 5.91 Å². The molecule has 0 saturated heterocycles. The van der Waals surface area contributed by atoms with Crippen LogP contribution >= 0.6 is 15.9 Å². The number of carbonyl (C=O) groups is 2. The predicted octanol–water partition coefficient (Wildman–Crippen LogP) is 4.94. The number of carbonyl (C=O) groups excluding carboxylic acids is 2. The molecule has 2 N–H and O–H groups in total. The Labute approximate surface area is 172 Å². The van der Waals surface area contributed by atoms with Crippen molar-refractivity contribution >= 4 is 44.4 Å². The van der Waals surface area contributed by atoms with E-state index in [9.17, 15) is 9.59 Å².